The van der Waals surface area contributed by atoms with Crippen molar-refractivity contribution in [3.05, 3.63) is 77.9 Å². The Morgan fingerprint density at radius 1 is 1.00 bits per heavy atom. The van der Waals surface area contributed by atoms with Gasteiger partial charge in [-0.1, -0.05) is 54.6 Å². The molecule has 5 nitrogen and oxygen atoms in total. The van der Waals surface area contributed by atoms with Gasteiger partial charge in [-0.25, -0.2) is 0 Å². The summed E-state index contributed by atoms with van der Waals surface area (Å²) in [4.78, 5) is 24.2. The van der Waals surface area contributed by atoms with E-state index in [0.717, 1.165) is 33.9 Å². The number of rotatable bonds is 8. The summed E-state index contributed by atoms with van der Waals surface area (Å²) in [6.45, 7) is 5.96. The van der Waals surface area contributed by atoms with Gasteiger partial charge in [-0.05, 0) is 67.6 Å². The lowest BCUT2D eigenvalue weighted by Gasteiger charge is -2.21. The monoisotopic (exact) mass is 418 g/mol. The van der Waals surface area contributed by atoms with Crippen LogP contribution >= 0.6 is 0 Å². The fourth-order valence-corrected chi connectivity index (χ4v) is 3.52. The van der Waals surface area contributed by atoms with Gasteiger partial charge in [0.05, 0.1) is 12.1 Å². The van der Waals surface area contributed by atoms with Gasteiger partial charge >= 0.3 is 0 Å². The number of carbonyl (C=O) groups is 2. The average Bonchev–Trinajstić information content (AvgIpc) is 2.73. The maximum absolute atomic E-state index is 12.6. The van der Waals surface area contributed by atoms with Crippen LogP contribution in [-0.2, 0) is 22.4 Å². The SMILES string of the molecule is CC(C)(C)Oc1ccc(C[C@@H](C=O)NC(=O)[C@@H](N)Cc2cccc3ccccc23)cc1. The Morgan fingerprint density at radius 2 is 1.68 bits per heavy atom. The third-order valence-electron chi connectivity index (χ3n) is 4.95. The summed E-state index contributed by atoms with van der Waals surface area (Å²) >= 11 is 0. The van der Waals surface area contributed by atoms with Crippen molar-refractivity contribution in [3.8, 4) is 5.75 Å². The molecular formula is C26H30N2O3. The summed E-state index contributed by atoms with van der Waals surface area (Å²) in [5.41, 5.74) is 7.84. The Bertz CT molecular complexity index is 1030. The van der Waals surface area contributed by atoms with E-state index < -0.39 is 12.1 Å². The Labute approximate surface area is 183 Å². The van der Waals surface area contributed by atoms with Gasteiger partial charge in [-0.2, -0.15) is 0 Å². The zero-order valence-electron chi connectivity index (χ0n) is 18.3. The standard InChI is InChI=1S/C26H30N2O3/c1-26(2,3)31-22-13-11-18(12-14-22)15-21(17-29)28-25(30)24(27)16-20-9-6-8-19-7-4-5-10-23(19)20/h4-14,17,21,24H,15-16,27H2,1-3H3,(H,28,30)/t21-,24-/m0/s1. The molecule has 2 atom stereocenters. The quantitative estimate of drug-likeness (QED) is 0.545. The van der Waals surface area contributed by atoms with Crippen LogP contribution in [-0.4, -0.2) is 29.9 Å². The highest BCUT2D eigenvalue weighted by molar-refractivity contribution is 5.88. The Morgan fingerprint density at radius 3 is 2.35 bits per heavy atom. The molecule has 0 bridgehead atoms. The molecule has 0 unspecified atom stereocenters. The first-order valence-electron chi connectivity index (χ1n) is 10.5. The third kappa shape index (κ3) is 6.40. The average molecular weight is 419 g/mol. The topological polar surface area (TPSA) is 81.4 Å². The molecule has 3 aromatic rings. The van der Waals surface area contributed by atoms with Crippen molar-refractivity contribution < 1.29 is 14.3 Å². The van der Waals surface area contributed by atoms with E-state index in [1.54, 1.807) is 0 Å². The summed E-state index contributed by atoms with van der Waals surface area (Å²) < 4.78 is 5.82. The number of hydrogen-bond donors (Lipinski definition) is 2. The second-order valence-electron chi connectivity index (χ2n) is 8.76. The molecule has 3 N–H and O–H groups in total. The maximum atomic E-state index is 12.6. The first kappa shape index (κ1) is 22.5. The molecule has 0 radical (unpaired) electrons. The van der Waals surface area contributed by atoms with E-state index in [4.69, 9.17) is 10.5 Å². The minimum atomic E-state index is -0.740. The summed E-state index contributed by atoms with van der Waals surface area (Å²) in [5, 5.41) is 4.96. The highest BCUT2D eigenvalue weighted by Crippen LogP contribution is 2.20. The van der Waals surface area contributed by atoms with Crippen LogP contribution in [0.25, 0.3) is 10.8 Å². The van der Waals surface area contributed by atoms with Gasteiger partial charge < -0.3 is 20.6 Å². The van der Waals surface area contributed by atoms with Gasteiger partial charge in [0, 0.05) is 0 Å². The zero-order chi connectivity index (χ0) is 22.4. The van der Waals surface area contributed by atoms with Crippen molar-refractivity contribution in [2.24, 2.45) is 5.73 Å². The van der Waals surface area contributed by atoms with Crippen molar-refractivity contribution in [2.45, 2.75) is 51.3 Å². The second-order valence-corrected chi connectivity index (χ2v) is 8.76. The molecule has 0 saturated heterocycles. The minimum Gasteiger partial charge on any atom is -0.488 e. The summed E-state index contributed by atoms with van der Waals surface area (Å²) in [6.07, 6.45) is 1.55. The molecule has 0 aliphatic rings. The lowest BCUT2D eigenvalue weighted by Crippen LogP contribution is -2.47. The molecule has 3 rings (SSSR count). The number of nitrogens with two attached hydrogens (primary N) is 1. The van der Waals surface area contributed by atoms with E-state index in [2.05, 4.69) is 5.32 Å². The fraction of sp³-hybridized carbons (Fsp3) is 0.308. The molecule has 162 valence electrons. The molecule has 5 heteroatoms. The predicted octanol–water partition coefficient (Wildman–Crippen LogP) is 3.81. The van der Waals surface area contributed by atoms with Crippen LogP contribution in [0, 0.1) is 0 Å². The van der Waals surface area contributed by atoms with Gasteiger partial charge in [-0.15, -0.1) is 0 Å². The molecule has 0 aliphatic carbocycles. The number of hydrogen-bond acceptors (Lipinski definition) is 4. The maximum Gasteiger partial charge on any atom is 0.237 e. The van der Waals surface area contributed by atoms with Gasteiger partial charge in [0.2, 0.25) is 5.91 Å². The third-order valence-corrected chi connectivity index (χ3v) is 4.95. The second kappa shape index (κ2) is 9.75. The Hall–Kier alpha value is -3.18. The van der Waals surface area contributed by atoms with E-state index >= 15 is 0 Å². The number of aldehydes is 1. The smallest absolute Gasteiger partial charge is 0.237 e. The van der Waals surface area contributed by atoms with Crippen molar-refractivity contribution in [1.29, 1.82) is 0 Å². The summed E-state index contributed by atoms with van der Waals surface area (Å²) in [5.74, 6) is 0.428. The number of carbonyl (C=O) groups excluding carboxylic acids is 2. The van der Waals surface area contributed by atoms with Crippen LogP contribution in [0.3, 0.4) is 0 Å². The number of ether oxygens (including phenoxy) is 1. The van der Waals surface area contributed by atoms with Crippen LogP contribution in [0.15, 0.2) is 66.7 Å². The first-order chi connectivity index (χ1) is 14.7. The number of fused-ring (bicyclic) bond motifs is 1. The van der Waals surface area contributed by atoms with Crippen LogP contribution in [0.4, 0.5) is 0 Å². The first-order valence-corrected chi connectivity index (χ1v) is 10.5. The van der Waals surface area contributed by atoms with Crippen molar-refractivity contribution in [2.75, 3.05) is 0 Å². The van der Waals surface area contributed by atoms with E-state index in [9.17, 15) is 9.59 Å². The number of nitrogens with one attached hydrogen (secondary N) is 1. The van der Waals surface area contributed by atoms with Crippen molar-refractivity contribution >= 4 is 23.0 Å². The highest BCUT2D eigenvalue weighted by atomic mass is 16.5. The molecule has 0 aliphatic heterocycles. The molecular weight excluding hydrogens is 388 g/mol. The van der Waals surface area contributed by atoms with E-state index in [1.165, 1.54) is 0 Å². The molecule has 31 heavy (non-hydrogen) atoms. The van der Waals surface area contributed by atoms with Crippen molar-refractivity contribution in [3.63, 3.8) is 0 Å². The zero-order valence-corrected chi connectivity index (χ0v) is 18.3. The van der Waals surface area contributed by atoms with Gasteiger partial charge in [0.25, 0.3) is 0 Å². The molecule has 0 saturated carbocycles. The van der Waals surface area contributed by atoms with Crippen LogP contribution in [0.5, 0.6) is 5.75 Å². The molecule has 0 heterocycles. The lowest BCUT2D eigenvalue weighted by molar-refractivity contribution is -0.125. The van der Waals surface area contributed by atoms with Crippen LogP contribution in [0.2, 0.25) is 0 Å². The molecule has 0 fully saturated rings. The predicted molar refractivity (Wildman–Crippen MR) is 124 cm³/mol. The van der Waals surface area contributed by atoms with E-state index in [-0.39, 0.29) is 11.5 Å². The van der Waals surface area contributed by atoms with Crippen LogP contribution < -0.4 is 15.8 Å². The van der Waals surface area contributed by atoms with E-state index in [1.807, 2.05) is 87.5 Å². The number of amides is 1. The Kier molecular flexibility index (Phi) is 7.08. The van der Waals surface area contributed by atoms with Gasteiger partial charge in [-0.3, -0.25) is 4.79 Å². The fourth-order valence-electron chi connectivity index (χ4n) is 3.52. The van der Waals surface area contributed by atoms with Crippen LogP contribution in [0.1, 0.15) is 31.9 Å². The molecule has 1 amide bonds. The van der Waals surface area contributed by atoms with Crippen molar-refractivity contribution in [1.82, 2.24) is 5.32 Å². The summed E-state index contributed by atoms with van der Waals surface area (Å²) in [6, 6.07) is 20.2. The number of benzene rings is 3. The van der Waals surface area contributed by atoms with Gasteiger partial charge in [0.1, 0.15) is 17.6 Å². The molecule has 3 aromatic carbocycles. The van der Waals surface area contributed by atoms with E-state index in [0.29, 0.717) is 12.8 Å². The molecule has 0 aromatic heterocycles. The minimum absolute atomic E-state index is 0.277. The lowest BCUT2D eigenvalue weighted by atomic mass is 9.98. The Balaban J connectivity index is 1.60. The summed E-state index contributed by atoms with van der Waals surface area (Å²) in [7, 11) is 0. The highest BCUT2D eigenvalue weighted by Gasteiger charge is 2.19. The normalized spacial score (nSPS) is 13.4. The largest absolute Gasteiger partial charge is 0.488 e. The van der Waals surface area contributed by atoms with Gasteiger partial charge in [0.15, 0.2) is 0 Å². The molecule has 0 spiro atoms.